The molecule has 0 aliphatic rings. The molecule has 0 spiro atoms. The molecule has 0 radical (unpaired) electrons. The molecule has 0 aliphatic carbocycles. The van der Waals surface area contributed by atoms with Crippen molar-refractivity contribution in [2.75, 3.05) is 10.6 Å². The van der Waals surface area contributed by atoms with Crippen molar-refractivity contribution in [3.8, 4) is 5.88 Å². The molecule has 0 aromatic carbocycles. The molecule has 0 fully saturated rings. The van der Waals surface area contributed by atoms with E-state index in [0.717, 1.165) is 12.4 Å². The van der Waals surface area contributed by atoms with E-state index < -0.39 is 5.82 Å². The number of rotatable bonds is 7. The van der Waals surface area contributed by atoms with Crippen molar-refractivity contribution in [3.63, 3.8) is 0 Å². The maximum atomic E-state index is 12.9. The number of hydrogen-bond donors (Lipinski definition) is 3. The second-order valence-electron chi connectivity index (χ2n) is 5.93. The van der Waals surface area contributed by atoms with Crippen LogP contribution in [0.2, 0.25) is 5.02 Å². The first kappa shape index (κ1) is 18.8. The molecule has 11 heteroatoms. The van der Waals surface area contributed by atoms with E-state index in [2.05, 4.69) is 40.8 Å². The molecule has 27 heavy (non-hydrogen) atoms. The van der Waals surface area contributed by atoms with E-state index in [1.165, 1.54) is 6.20 Å². The number of H-pyrrole nitrogens is 1. The molecule has 0 unspecified atom stereocenters. The van der Waals surface area contributed by atoms with Gasteiger partial charge in [-0.25, -0.2) is 19.3 Å². The van der Waals surface area contributed by atoms with Crippen LogP contribution in [0.15, 0.2) is 24.7 Å². The Labute approximate surface area is 159 Å². The standard InChI is InChI=1S/C16H18ClFN8O/c1-8(2)27-13-4-12(25-26-13)23-15-11(17)7-21-16(24-15)22-9(3)14-19-5-10(18)6-20-14/h4-9H,1-3H3,(H3,21,22,23,24,25,26)/t9-/m1/s1. The van der Waals surface area contributed by atoms with Crippen LogP contribution in [0.4, 0.5) is 22.0 Å². The third-order valence-corrected chi connectivity index (χ3v) is 3.56. The Balaban J connectivity index is 1.72. The molecule has 3 heterocycles. The first-order valence-corrected chi connectivity index (χ1v) is 8.54. The second-order valence-corrected chi connectivity index (χ2v) is 6.33. The Morgan fingerprint density at radius 2 is 1.89 bits per heavy atom. The van der Waals surface area contributed by atoms with Crippen LogP contribution in [-0.2, 0) is 0 Å². The lowest BCUT2D eigenvalue weighted by atomic mass is 10.3. The lowest BCUT2D eigenvalue weighted by Crippen LogP contribution is -2.13. The lowest BCUT2D eigenvalue weighted by molar-refractivity contribution is 0.232. The van der Waals surface area contributed by atoms with Gasteiger partial charge in [0.2, 0.25) is 11.8 Å². The van der Waals surface area contributed by atoms with Gasteiger partial charge in [0.15, 0.2) is 11.6 Å². The zero-order chi connectivity index (χ0) is 19.4. The topological polar surface area (TPSA) is 114 Å². The summed E-state index contributed by atoms with van der Waals surface area (Å²) in [5.74, 6) is 1.61. The summed E-state index contributed by atoms with van der Waals surface area (Å²) in [7, 11) is 0. The Morgan fingerprint density at radius 1 is 1.15 bits per heavy atom. The van der Waals surface area contributed by atoms with Crippen LogP contribution >= 0.6 is 11.6 Å². The number of nitrogens with one attached hydrogen (secondary N) is 3. The highest BCUT2D eigenvalue weighted by Crippen LogP contribution is 2.25. The zero-order valence-electron chi connectivity index (χ0n) is 14.9. The van der Waals surface area contributed by atoms with Crippen molar-refractivity contribution in [1.29, 1.82) is 0 Å². The van der Waals surface area contributed by atoms with Gasteiger partial charge in [0, 0.05) is 6.07 Å². The number of aromatic amines is 1. The first-order chi connectivity index (χ1) is 12.9. The molecule has 0 saturated carbocycles. The fourth-order valence-corrected chi connectivity index (χ4v) is 2.26. The minimum atomic E-state index is -0.499. The minimum absolute atomic E-state index is 0.00904. The Hall–Kier alpha value is -3.01. The molecule has 9 nitrogen and oxygen atoms in total. The molecule has 3 aromatic heterocycles. The Morgan fingerprint density at radius 3 is 2.59 bits per heavy atom. The van der Waals surface area contributed by atoms with E-state index in [-0.39, 0.29) is 12.1 Å². The maximum absolute atomic E-state index is 12.9. The fraction of sp³-hybridized carbons (Fsp3) is 0.312. The summed E-state index contributed by atoms with van der Waals surface area (Å²) in [4.78, 5) is 16.3. The van der Waals surface area contributed by atoms with Crippen molar-refractivity contribution in [1.82, 2.24) is 30.1 Å². The minimum Gasteiger partial charge on any atom is -0.474 e. The number of aromatic nitrogens is 6. The molecule has 142 valence electrons. The smallest absolute Gasteiger partial charge is 0.234 e. The van der Waals surface area contributed by atoms with Crippen molar-refractivity contribution < 1.29 is 9.13 Å². The second kappa shape index (κ2) is 8.12. The third-order valence-electron chi connectivity index (χ3n) is 3.28. The first-order valence-electron chi connectivity index (χ1n) is 8.16. The molecule has 3 N–H and O–H groups in total. The highest BCUT2D eigenvalue weighted by molar-refractivity contribution is 6.32. The van der Waals surface area contributed by atoms with Crippen molar-refractivity contribution in [2.45, 2.75) is 32.9 Å². The molecule has 3 rings (SSSR count). The zero-order valence-corrected chi connectivity index (χ0v) is 15.6. The summed E-state index contributed by atoms with van der Waals surface area (Å²) in [5, 5.41) is 13.2. The predicted molar refractivity (Wildman–Crippen MR) is 98.7 cm³/mol. The maximum Gasteiger partial charge on any atom is 0.234 e. The molecule has 0 bridgehead atoms. The van der Waals surface area contributed by atoms with Crippen LogP contribution in [0.25, 0.3) is 0 Å². The van der Waals surface area contributed by atoms with Crippen LogP contribution in [-0.4, -0.2) is 36.2 Å². The normalized spacial score (nSPS) is 12.1. The van der Waals surface area contributed by atoms with Crippen LogP contribution in [0, 0.1) is 5.82 Å². The van der Waals surface area contributed by atoms with Gasteiger partial charge in [-0.05, 0) is 20.8 Å². The molecular formula is C16H18ClFN8O. The molecule has 0 saturated heterocycles. The van der Waals surface area contributed by atoms with E-state index in [9.17, 15) is 4.39 Å². The molecule has 3 aromatic rings. The summed E-state index contributed by atoms with van der Waals surface area (Å²) >= 11 is 6.16. The number of halogens is 2. The van der Waals surface area contributed by atoms with Gasteiger partial charge in [0.1, 0.15) is 16.7 Å². The number of hydrogen-bond acceptors (Lipinski definition) is 8. The van der Waals surface area contributed by atoms with Gasteiger partial charge in [-0.3, -0.25) is 5.10 Å². The van der Waals surface area contributed by atoms with Crippen LogP contribution in [0.1, 0.15) is 32.6 Å². The van der Waals surface area contributed by atoms with Crippen LogP contribution in [0.3, 0.4) is 0 Å². The lowest BCUT2D eigenvalue weighted by Gasteiger charge is -2.13. The Kier molecular flexibility index (Phi) is 5.65. The summed E-state index contributed by atoms with van der Waals surface area (Å²) in [6.07, 6.45) is 3.67. The van der Waals surface area contributed by atoms with Crippen molar-refractivity contribution in [3.05, 3.63) is 41.3 Å². The van der Waals surface area contributed by atoms with Gasteiger partial charge in [-0.2, -0.15) is 4.98 Å². The van der Waals surface area contributed by atoms with E-state index in [1.807, 2.05) is 20.8 Å². The fourth-order valence-electron chi connectivity index (χ4n) is 2.13. The molecule has 0 aliphatic heterocycles. The Bertz CT molecular complexity index is 902. The van der Waals surface area contributed by atoms with Crippen molar-refractivity contribution in [2.24, 2.45) is 0 Å². The average molecular weight is 393 g/mol. The summed E-state index contributed by atoms with van der Waals surface area (Å²) in [6.45, 7) is 5.63. The molecule has 1 atom stereocenters. The number of ether oxygens (including phenoxy) is 1. The van der Waals surface area contributed by atoms with E-state index in [1.54, 1.807) is 6.07 Å². The van der Waals surface area contributed by atoms with Gasteiger partial charge < -0.3 is 15.4 Å². The monoisotopic (exact) mass is 392 g/mol. The highest BCUT2D eigenvalue weighted by Gasteiger charge is 2.13. The van der Waals surface area contributed by atoms with Gasteiger partial charge >= 0.3 is 0 Å². The molecular weight excluding hydrogens is 375 g/mol. The van der Waals surface area contributed by atoms with Crippen LogP contribution in [0.5, 0.6) is 5.88 Å². The largest absolute Gasteiger partial charge is 0.474 e. The summed E-state index contributed by atoms with van der Waals surface area (Å²) < 4.78 is 18.4. The van der Waals surface area contributed by atoms with E-state index in [0.29, 0.717) is 34.3 Å². The van der Waals surface area contributed by atoms with Crippen LogP contribution < -0.4 is 15.4 Å². The SMILES string of the molecule is CC(C)Oc1cc(Nc2nc(N[C@H](C)c3ncc(F)cn3)ncc2Cl)[nH]n1. The molecule has 0 amide bonds. The highest BCUT2D eigenvalue weighted by atomic mass is 35.5. The van der Waals surface area contributed by atoms with Gasteiger partial charge in [0.05, 0.1) is 30.7 Å². The van der Waals surface area contributed by atoms with Gasteiger partial charge in [-0.1, -0.05) is 11.6 Å². The summed E-state index contributed by atoms with van der Waals surface area (Å²) in [6, 6.07) is 1.36. The van der Waals surface area contributed by atoms with E-state index >= 15 is 0 Å². The van der Waals surface area contributed by atoms with Gasteiger partial charge in [0.25, 0.3) is 0 Å². The average Bonchev–Trinajstić information content (AvgIpc) is 3.04. The van der Waals surface area contributed by atoms with Crippen molar-refractivity contribution >= 4 is 29.2 Å². The third kappa shape index (κ3) is 5.00. The predicted octanol–water partition coefficient (Wildman–Crippen LogP) is 3.49. The summed E-state index contributed by atoms with van der Waals surface area (Å²) in [5.41, 5.74) is 0. The van der Waals surface area contributed by atoms with E-state index in [4.69, 9.17) is 16.3 Å². The quantitative estimate of drug-likeness (QED) is 0.560. The number of nitrogens with zero attached hydrogens (tertiary/aromatic N) is 5. The number of anilines is 3. The van der Waals surface area contributed by atoms with Gasteiger partial charge in [-0.15, -0.1) is 5.10 Å².